The molecule has 0 bridgehead atoms. The minimum Gasteiger partial charge on any atom is -0.497 e. The lowest BCUT2D eigenvalue weighted by molar-refractivity contribution is 0.0943. The summed E-state index contributed by atoms with van der Waals surface area (Å²) >= 11 is 1.58. The van der Waals surface area contributed by atoms with E-state index in [0.717, 1.165) is 37.8 Å². The van der Waals surface area contributed by atoms with Crippen LogP contribution in [0.3, 0.4) is 0 Å². The molecular weight excluding hydrogens is 420 g/mol. The molecule has 0 fully saturated rings. The Bertz CT molecular complexity index is 1230. The molecule has 0 aliphatic carbocycles. The van der Waals surface area contributed by atoms with E-state index in [1.807, 2.05) is 49.4 Å². The molecule has 1 amide bonds. The van der Waals surface area contributed by atoms with Crippen molar-refractivity contribution in [2.75, 3.05) is 13.7 Å². The van der Waals surface area contributed by atoms with Gasteiger partial charge in [-0.05, 0) is 44.2 Å². The first-order valence-electron chi connectivity index (χ1n) is 10.5. The standard InChI is InChI=1S/C26H26N2O3S/c1-4-31-23-8-6-5-7-18(23)16-27-26(29)24-25(32-20-12-9-17(2)10-13-20)21-14-11-19(30-3)15-22(21)28-24/h5-15,28H,4,16H2,1-3H3,(H,27,29). The van der Waals surface area contributed by atoms with E-state index in [4.69, 9.17) is 9.47 Å². The molecule has 5 nitrogen and oxygen atoms in total. The number of fused-ring (bicyclic) bond motifs is 1. The molecular formula is C26H26N2O3S. The Morgan fingerprint density at radius 3 is 2.59 bits per heavy atom. The Morgan fingerprint density at radius 1 is 1.06 bits per heavy atom. The number of amides is 1. The van der Waals surface area contributed by atoms with Gasteiger partial charge in [-0.3, -0.25) is 4.79 Å². The van der Waals surface area contributed by atoms with Gasteiger partial charge >= 0.3 is 0 Å². The van der Waals surface area contributed by atoms with Gasteiger partial charge in [0.15, 0.2) is 0 Å². The summed E-state index contributed by atoms with van der Waals surface area (Å²) in [6, 6.07) is 21.9. The van der Waals surface area contributed by atoms with E-state index in [2.05, 4.69) is 41.5 Å². The van der Waals surface area contributed by atoms with Crippen molar-refractivity contribution in [3.8, 4) is 11.5 Å². The number of benzene rings is 3. The van der Waals surface area contributed by atoms with E-state index in [0.29, 0.717) is 18.8 Å². The zero-order chi connectivity index (χ0) is 22.5. The lowest BCUT2D eigenvalue weighted by atomic mass is 10.2. The third-order valence-electron chi connectivity index (χ3n) is 5.14. The molecule has 164 valence electrons. The summed E-state index contributed by atoms with van der Waals surface area (Å²) in [5, 5.41) is 4.03. The number of methoxy groups -OCH3 is 1. The smallest absolute Gasteiger partial charge is 0.269 e. The predicted octanol–water partition coefficient (Wildman–Crippen LogP) is 5.96. The molecule has 0 saturated heterocycles. The highest BCUT2D eigenvalue weighted by molar-refractivity contribution is 7.99. The van der Waals surface area contributed by atoms with Crippen molar-refractivity contribution in [3.63, 3.8) is 0 Å². The first-order chi connectivity index (χ1) is 15.6. The Kier molecular flexibility index (Phi) is 6.71. The fraction of sp³-hybridized carbons (Fsp3) is 0.192. The number of H-pyrrole nitrogens is 1. The number of nitrogens with one attached hydrogen (secondary N) is 2. The molecule has 0 aliphatic heterocycles. The molecule has 4 aromatic rings. The van der Waals surface area contributed by atoms with Crippen molar-refractivity contribution < 1.29 is 14.3 Å². The fourth-order valence-corrected chi connectivity index (χ4v) is 4.52. The number of ether oxygens (including phenoxy) is 2. The summed E-state index contributed by atoms with van der Waals surface area (Å²) in [6.45, 7) is 4.96. The van der Waals surface area contributed by atoms with Crippen LogP contribution in [0, 0.1) is 6.92 Å². The number of aromatic amines is 1. The van der Waals surface area contributed by atoms with E-state index in [1.54, 1.807) is 18.9 Å². The van der Waals surface area contributed by atoms with Crippen molar-refractivity contribution in [2.45, 2.75) is 30.2 Å². The van der Waals surface area contributed by atoms with Crippen LogP contribution in [0.4, 0.5) is 0 Å². The van der Waals surface area contributed by atoms with Gasteiger partial charge in [0.05, 0.1) is 24.1 Å². The largest absolute Gasteiger partial charge is 0.497 e. The van der Waals surface area contributed by atoms with Gasteiger partial charge in [-0.25, -0.2) is 0 Å². The summed E-state index contributed by atoms with van der Waals surface area (Å²) in [5.41, 5.74) is 3.53. The lowest BCUT2D eigenvalue weighted by Gasteiger charge is -2.11. The first kappa shape index (κ1) is 21.8. The van der Waals surface area contributed by atoms with Gasteiger partial charge in [0.2, 0.25) is 0 Å². The highest BCUT2D eigenvalue weighted by atomic mass is 32.2. The van der Waals surface area contributed by atoms with Gasteiger partial charge in [-0.1, -0.05) is 47.7 Å². The van der Waals surface area contributed by atoms with E-state index < -0.39 is 0 Å². The second-order valence-electron chi connectivity index (χ2n) is 7.38. The fourth-order valence-electron chi connectivity index (χ4n) is 3.48. The van der Waals surface area contributed by atoms with Crippen molar-refractivity contribution in [3.05, 3.63) is 83.6 Å². The molecule has 6 heteroatoms. The van der Waals surface area contributed by atoms with Gasteiger partial charge in [-0.15, -0.1) is 0 Å². The maximum Gasteiger partial charge on any atom is 0.269 e. The number of hydrogen-bond acceptors (Lipinski definition) is 4. The monoisotopic (exact) mass is 446 g/mol. The van der Waals surface area contributed by atoms with Crippen molar-refractivity contribution in [1.82, 2.24) is 10.3 Å². The molecule has 3 aromatic carbocycles. The topological polar surface area (TPSA) is 63.3 Å². The maximum atomic E-state index is 13.2. The second-order valence-corrected chi connectivity index (χ2v) is 8.46. The summed E-state index contributed by atoms with van der Waals surface area (Å²) in [4.78, 5) is 18.5. The Morgan fingerprint density at radius 2 is 1.84 bits per heavy atom. The molecule has 2 N–H and O–H groups in total. The Hall–Kier alpha value is -3.38. The Labute approximate surface area is 192 Å². The number of rotatable bonds is 8. The number of carbonyl (C=O) groups excluding carboxylic acids is 1. The summed E-state index contributed by atoms with van der Waals surface area (Å²) in [7, 11) is 1.63. The molecule has 0 saturated carbocycles. The van der Waals surface area contributed by atoms with Crippen LogP contribution in [-0.4, -0.2) is 24.6 Å². The molecule has 0 unspecified atom stereocenters. The van der Waals surface area contributed by atoms with Crippen molar-refractivity contribution in [2.24, 2.45) is 0 Å². The predicted molar refractivity (Wildman–Crippen MR) is 129 cm³/mol. The van der Waals surface area contributed by atoms with Gasteiger partial charge in [0.1, 0.15) is 17.2 Å². The van der Waals surface area contributed by atoms with Crippen LogP contribution < -0.4 is 14.8 Å². The lowest BCUT2D eigenvalue weighted by Crippen LogP contribution is -2.24. The zero-order valence-corrected chi connectivity index (χ0v) is 19.2. The highest BCUT2D eigenvalue weighted by Gasteiger charge is 2.20. The maximum absolute atomic E-state index is 13.2. The number of carbonyl (C=O) groups is 1. The first-order valence-corrected chi connectivity index (χ1v) is 11.3. The average Bonchev–Trinajstić information content (AvgIpc) is 3.17. The van der Waals surface area contributed by atoms with Gasteiger partial charge in [0, 0.05) is 28.5 Å². The third kappa shape index (κ3) is 4.75. The minimum atomic E-state index is -0.166. The molecule has 0 spiro atoms. The number of hydrogen-bond donors (Lipinski definition) is 2. The normalized spacial score (nSPS) is 10.8. The van der Waals surface area contributed by atoms with E-state index in [1.165, 1.54) is 5.56 Å². The molecule has 1 heterocycles. The van der Waals surface area contributed by atoms with Crippen LogP contribution in [0.2, 0.25) is 0 Å². The molecule has 1 aromatic heterocycles. The minimum absolute atomic E-state index is 0.166. The van der Waals surface area contributed by atoms with Gasteiger partial charge in [0.25, 0.3) is 5.91 Å². The van der Waals surface area contributed by atoms with Crippen LogP contribution in [0.1, 0.15) is 28.5 Å². The number of aromatic nitrogens is 1. The number of aryl methyl sites for hydroxylation is 1. The van der Waals surface area contributed by atoms with Crippen LogP contribution in [0.5, 0.6) is 11.5 Å². The van der Waals surface area contributed by atoms with Gasteiger partial charge in [-0.2, -0.15) is 0 Å². The van der Waals surface area contributed by atoms with E-state index >= 15 is 0 Å². The highest BCUT2D eigenvalue weighted by Crippen LogP contribution is 2.38. The van der Waals surface area contributed by atoms with Crippen LogP contribution in [-0.2, 0) is 6.54 Å². The molecule has 0 radical (unpaired) electrons. The molecule has 0 aliphatic rings. The quantitative estimate of drug-likeness (QED) is 0.350. The summed E-state index contributed by atoms with van der Waals surface area (Å²) in [5.74, 6) is 1.36. The van der Waals surface area contributed by atoms with E-state index in [9.17, 15) is 4.79 Å². The third-order valence-corrected chi connectivity index (χ3v) is 6.27. The van der Waals surface area contributed by atoms with Crippen LogP contribution in [0.25, 0.3) is 10.9 Å². The van der Waals surface area contributed by atoms with Crippen LogP contribution in [0.15, 0.2) is 76.5 Å². The van der Waals surface area contributed by atoms with Crippen molar-refractivity contribution in [1.29, 1.82) is 0 Å². The Balaban J connectivity index is 1.65. The summed E-state index contributed by atoms with van der Waals surface area (Å²) < 4.78 is 11.0. The van der Waals surface area contributed by atoms with Gasteiger partial charge < -0.3 is 19.8 Å². The molecule has 4 rings (SSSR count). The van der Waals surface area contributed by atoms with E-state index in [-0.39, 0.29) is 5.91 Å². The van der Waals surface area contributed by atoms with Crippen LogP contribution >= 0.6 is 11.8 Å². The zero-order valence-electron chi connectivity index (χ0n) is 18.4. The summed E-state index contributed by atoms with van der Waals surface area (Å²) in [6.07, 6.45) is 0. The van der Waals surface area contributed by atoms with Crippen molar-refractivity contribution >= 4 is 28.6 Å². The number of para-hydroxylation sites is 1. The second kappa shape index (κ2) is 9.83. The molecule has 32 heavy (non-hydrogen) atoms. The molecule has 0 atom stereocenters. The SMILES string of the molecule is CCOc1ccccc1CNC(=O)c1[nH]c2cc(OC)ccc2c1Sc1ccc(C)cc1. The average molecular weight is 447 g/mol.